The van der Waals surface area contributed by atoms with E-state index in [2.05, 4.69) is 15.3 Å². The second-order valence-electron chi connectivity index (χ2n) is 8.84. The number of pyridine rings is 2. The van der Waals surface area contributed by atoms with Crippen LogP contribution in [0, 0.1) is 25.5 Å². The molecule has 0 saturated carbocycles. The fraction of sp³-hybridized carbons (Fsp3) is 0.261. The van der Waals surface area contributed by atoms with Gasteiger partial charge in [-0.1, -0.05) is 10.6 Å². The summed E-state index contributed by atoms with van der Waals surface area (Å²) in [6.45, 7) is 2.53. The molecular formula is C23H14B4F5N3O4. The number of halogens is 5. The van der Waals surface area contributed by atoms with E-state index < -0.39 is 74.3 Å². The number of aromatic amines is 1. The number of H-pyrrole nitrogens is 1. The molecule has 3 aromatic rings. The number of alkyl halides is 3. The molecule has 3 heterocycles. The van der Waals surface area contributed by atoms with E-state index in [1.807, 2.05) is 0 Å². The molecule has 4 rings (SSSR count). The van der Waals surface area contributed by atoms with Crippen molar-refractivity contribution < 1.29 is 36.2 Å². The maximum Gasteiger partial charge on any atom is 0.418 e. The first kappa shape index (κ1) is 28.3. The largest absolute Gasteiger partial charge is 0.439 e. The van der Waals surface area contributed by atoms with Gasteiger partial charge in [0.25, 0.3) is 0 Å². The summed E-state index contributed by atoms with van der Waals surface area (Å²) in [5.41, 5.74) is -4.09. The number of nitrogens with one attached hydrogen (secondary N) is 2. The molecule has 0 spiro atoms. The maximum absolute atomic E-state index is 14.7. The van der Waals surface area contributed by atoms with Crippen LogP contribution in [0.5, 0.6) is 11.6 Å². The van der Waals surface area contributed by atoms with E-state index in [1.54, 1.807) is 0 Å². The summed E-state index contributed by atoms with van der Waals surface area (Å²) in [5, 5.41) is -0.131. The van der Waals surface area contributed by atoms with Gasteiger partial charge in [-0.3, -0.25) is 4.79 Å². The minimum Gasteiger partial charge on any atom is -0.439 e. The smallest absolute Gasteiger partial charge is 0.418 e. The van der Waals surface area contributed by atoms with Crippen LogP contribution in [0.4, 0.5) is 26.7 Å². The van der Waals surface area contributed by atoms with E-state index in [-0.39, 0.29) is 29.1 Å². The Kier molecular flexibility index (Phi) is 7.11. The average Bonchev–Trinajstić information content (AvgIpc) is 3.20. The first-order valence-corrected chi connectivity index (χ1v) is 11.1. The first-order chi connectivity index (χ1) is 18.0. The summed E-state index contributed by atoms with van der Waals surface area (Å²) < 4.78 is 80.7. The highest BCUT2D eigenvalue weighted by atomic mass is 19.4. The van der Waals surface area contributed by atoms with Gasteiger partial charge in [-0.25, -0.2) is 18.6 Å². The van der Waals surface area contributed by atoms with Gasteiger partial charge in [0.2, 0.25) is 5.88 Å². The molecule has 0 aliphatic carbocycles. The van der Waals surface area contributed by atoms with E-state index in [0.29, 0.717) is 12.3 Å². The van der Waals surface area contributed by atoms with Crippen LogP contribution >= 0.6 is 0 Å². The third-order valence-corrected chi connectivity index (χ3v) is 5.98. The van der Waals surface area contributed by atoms with Crippen molar-refractivity contribution in [1.82, 2.24) is 15.3 Å². The molecule has 1 amide bonds. The predicted molar refractivity (Wildman–Crippen MR) is 133 cm³/mol. The van der Waals surface area contributed by atoms with Gasteiger partial charge in [-0.2, -0.15) is 13.2 Å². The number of ether oxygens (including phenoxy) is 2. The van der Waals surface area contributed by atoms with Crippen LogP contribution in [-0.4, -0.2) is 54.0 Å². The highest BCUT2D eigenvalue weighted by Crippen LogP contribution is 2.41. The van der Waals surface area contributed by atoms with Gasteiger partial charge in [0, 0.05) is 23.5 Å². The molecule has 0 bridgehead atoms. The lowest BCUT2D eigenvalue weighted by Gasteiger charge is -2.27. The molecule has 2 N–H and O–H groups in total. The summed E-state index contributed by atoms with van der Waals surface area (Å²) >= 11 is 0. The molecule has 1 aliphatic heterocycles. The number of hydrogen-bond donors (Lipinski definition) is 2. The molecule has 16 heteroatoms. The topological polar surface area (TPSA) is 93.3 Å². The van der Waals surface area contributed by atoms with Crippen LogP contribution in [0.1, 0.15) is 34.1 Å². The Labute approximate surface area is 223 Å². The average molecular weight is 535 g/mol. The van der Waals surface area contributed by atoms with Gasteiger partial charge in [0.05, 0.1) is 52.5 Å². The molecule has 1 fully saturated rings. The molecule has 192 valence electrons. The minimum atomic E-state index is -4.86. The summed E-state index contributed by atoms with van der Waals surface area (Å²) in [7, 11) is 22.6. The summed E-state index contributed by atoms with van der Waals surface area (Å²) in [6.07, 6.45) is -6.10. The molecule has 1 unspecified atom stereocenters. The van der Waals surface area contributed by atoms with Gasteiger partial charge < -0.3 is 19.8 Å². The number of nitrogens with zero attached hydrogens (tertiary/aromatic N) is 1. The Hall–Kier alpha value is -3.70. The van der Waals surface area contributed by atoms with Crippen molar-refractivity contribution in [2.45, 2.75) is 31.2 Å². The third kappa shape index (κ3) is 5.28. The molecule has 7 nitrogen and oxygen atoms in total. The molecule has 2 aromatic heterocycles. The monoisotopic (exact) mass is 535 g/mol. The lowest BCUT2D eigenvalue weighted by molar-refractivity contribution is -0.138. The number of carbonyl (C=O) groups excluding carboxylic acids is 1. The Morgan fingerprint density at radius 3 is 2.33 bits per heavy atom. The Balaban J connectivity index is 1.96. The van der Waals surface area contributed by atoms with Crippen molar-refractivity contribution in [3.8, 4) is 22.9 Å². The van der Waals surface area contributed by atoms with Gasteiger partial charge in [0.1, 0.15) is 13.6 Å². The van der Waals surface area contributed by atoms with Crippen LogP contribution in [-0.2, 0) is 16.0 Å². The number of carbonyl (C=O) groups is 1. The number of alkyl carbamates (subject to hydrolysis) is 1. The van der Waals surface area contributed by atoms with E-state index in [1.165, 1.54) is 6.92 Å². The number of aromatic nitrogens is 2. The number of benzene rings is 1. The zero-order valence-corrected chi connectivity index (χ0v) is 20.3. The number of amides is 1. The van der Waals surface area contributed by atoms with Crippen molar-refractivity contribution in [2.75, 3.05) is 6.54 Å². The van der Waals surface area contributed by atoms with Crippen LogP contribution in [0.15, 0.2) is 23.1 Å². The Morgan fingerprint density at radius 2 is 1.79 bits per heavy atom. The normalized spacial score (nSPS) is 15.7. The van der Waals surface area contributed by atoms with Gasteiger partial charge in [-0.05, 0) is 25.5 Å². The van der Waals surface area contributed by atoms with E-state index in [4.69, 9.17) is 40.9 Å². The van der Waals surface area contributed by atoms with Crippen molar-refractivity contribution in [3.05, 3.63) is 68.1 Å². The maximum atomic E-state index is 14.7. The van der Waals surface area contributed by atoms with Crippen LogP contribution in [0.3, 0.4) is 0 Å². The van der Waals surface area contributed by atoms with Gasteiger partial charge >= 0.3 is 12.3 Å². The summed E-state index contributed by atoms with van der Waals surface area (Å²) in [6, 6.07) is 1.49. The number of hydrogen-bond acceptors (Lipinski definition) is 5. The molecule has 1 aromatic carbocycles. The summed E-state index contributed by atoms with van der Waals surface area (Å²) in [4.78, 5) is 31.0. The SMILES string of the molecule is [B]c1cc(F)c(F)c(C([B])([B])[B])c1Oc1ncc(C(F)(F)F)c(C)c1-c1cc(=O)c(C2CNC(=O)O2)c(C)[nH]1. The molecule has 1 atom stereocenters. The van der Waals surface area contributed by atoms with Crippen molar-refractivity contribution in [3.63, 3.8) is 0 Å². The van der Waals surface area contributed by atoms with E-state index in [9.17, 15) is 31.5 Å². The second-order valence-corrected chi connectivity index (χ2v) is 8.84. The van der Waals surface area contributed by atoms with Crippen LogP contribution < -0.4 is 20.9 Å². The minimum absolute atomic E-state index is 0.00218. The van der Waals surface area contributed by atoms with Gasteiger partial charge in [0.15, 0.2) is 23.2 Å². The van der Waals surface area contributed by atoms with Crippen LogP contribution in [0.2, 0.25) is 0 Å². The van der Waals surface area contributed by atoms with Crippen LogP contribution in [0.25, 0.3) is 11.3 Å². The Bertz CT molecular complexity index is 1560. The lowest BCUT2D eigenvalue weighted by Crippen LogP contribution is -2.32. The number of rotatable bonds is 5. The van der Waals surface area contributed by atoms with Crippen molar-refractivity contribution in [1.29, 1.82) is 0 Å². The molecule has 1 saturated heterocycles. The highest BCUT2D eigenvalue weighted by Gasteiger charge is 2.36. The molecule has 8 radical (unpaired) electrons. The van der Waals surface area contributed by atoms with Crippen molar-refractivity contribution >= 4 is 42.9 Å². The van der Waals surface area contributed by atoms with E-state index in [0.717, 1.165) is 13.0 Å². The number of cyclic esters (lactones) is 1. The predicted octanol–water partition coefficient (Wildman–Crippen LogP) is 2.33. The fourth-order valence-corrected chi connectivity index (χ4v) is 4.27. The number of aryl methyl sites for hydroxylation is 1. The fourth-order valence-electron chi connectivity index (χ4n) is 4.27. The first-order valence-electron chi connectivity index (χ1n) is 11.1. The zero-order valence-electron chi connectivity index (χ0n) is 20.3. The second kappa shape index (κ2) is 9.80. The molecular weight excluding hydrogens is 521 g/mol. The lowest BCUT2D eigenvalue weighted by atomic mass is 9.39. The quantitative estimate of drug-likeness (QED) is 0.387. The van der Waals surface area contributed by atoms with Crippen molar-refractivity contribution in [2.24, 2.45) is 0 Å². The molecule has 39 heavy (non-hydrogen) atoms. The Morgan fingerprint density at radius 1 is 1.13 bits per heavy atom. The third-order valence-electron chi connectivity index (χ3n) is 5.98. The summed E-state index contributed by atoms with van der Waals surface area (Å²) in [5.74, 6) is -4.37. The van der Waals surface area contributed by atoms with Gasteiger partial charge in [-0.15, -0.1) is 0 Å². The molecule has 1 aliphatic rings. The standard InChI is InChI=1S/C23H14B4F5N3O4/c1-7-9(23(30,31)32)5-33-20(39-19-10(24)3-11(28)18(29)17(19)22(25,26)27)15(7)12-4-13(36)16(8(2)35-12)14-6-34-21(37)38-14/h3-5,14H,6H2,1-2H3,(H,34,37)(H,35,36). The zero-order chi connectivity index (χ0) is 29.0. The van der Waals surface area contributed by atoms with E-state index >= 15 is 0 Å². The highest BCUT2D eigenvalue weighted by molar-refractivity contribution is 6.59.